The molecule has 0 saturated carbocycles. The summed E-state index contributed by atoms with van der Waals surface area (Å²) in [6.07, 6.45) is 2.10. The fourth-order valence-electron chi connectivity index (χ4n) is 1.28. The number of ether oxygens (including phenoxy) is 3. The summed E-state index contributed by atoms with van der Waals surface area (Å²) in [6.45, 7) is 3.44. The van der Waals surface area contributed by atoms with E-state index < -0.39 is 0 Å². The van der Waals surface area contributed by atoms with E-state index >= 15 is 0 Å². The van der Waals surface area contributed by atoms with E-state index in [9.17, 15) is 0 Å². The monoisotopic (exact) mass is 160 g/mol. The van der Waals surface area contributed by atoms with Gasteiger partial charge in [-0.05, 0) is 19.8 Å². The number of hydrogen-bond acceptors (Lipinski definition) is 3. The molecule has 0 aromatic carbocycles. The van der Waals surface area contributed by atoms with E-state index in [1.54, 1.807) is 7.11 Å². The van der Waals surface area contributed by atoms with Gasteiger partial charge in [-0.1, -0.05) is 0 Å². The quantitative estimate of drug-likeness (QED) is 0.620. The van der Waals surface area contributed by atoms with Crippen LogP contribution in [-0.4, -0.2) is 32.7 Å². The molecule has 1 saturated heterocycles. The molecule has 3 heteroatoms. The summed E-state index contributed by atoms with van der Waals surface area (Å²) in [7, 11) is 1.70. The predicted octanol–water partition coefficient (Wildman–Crippen LogP) is 1.17. The Morgan fingerprint density at radius 2 is 2.36 bits per heavy atom. The van der Waals surface area contributed by atoms with Crippen molar-refractivity contribution in [2.75, 3.05) is 20.3 Å². The Bertz CT molecular complexity index is 104. The minimum Gasteiger partial charge on any atom is -0.376 e. The highest BCUT2D eigenvalue weighted by Gasteiger charge is 2.25. The van der Waals surface area contributed by atoms with Crippen LogP contribution in [0.2, 0.25) is 0 Å². The number of methoxy groups -OCH3 is 1. The van der Waals surface area contributed by atoms with Crippen molar-refractivity contribution >= 4 is 0 Å². The average molecular weight is 160 g/mol. The third kappa shape index (κ3) is 2.43. The summed E-state index contributed by atoms with van der Waals surface area (Å²) in [5, 5.41) is 0. The van der Waals surface area contributed by atoms with Gasteiger partial charge in [0, 0.05) is 20.3 Å². The van der Waals surface area contributed by atoms with Crippen LogP contribution in [0.15, 0.2) is 0 Å². The fraction of sp³-hybridized carbons (Fsp3) is 1.00. The zero-order valence-corrected chi connectivity index (χ0v) is 7.21. The molecule has 3 nitrogen and oxygen atoms in total. The molecule has 11 heavy (non-hydrogen) atoms. The van der Waals surface area contributed by atoms with Gasteiger partial charge in [0.2, 0.25) is 0 Å². The Labute approximate surface area is 67.6 Å². The van der Waals surface area contributed by atoms with Crippen LogP contribution in [0.3, 0.4) is 0 Å². The van der Waals surface area contributed by atoms with E-state index in [4.69, 9.17) is 14.2 Å². The third-order valence-electron chi connectivity index (χ3n) is 1.85. The van der Waals surface area contributed by atoms with E-state index in [1.807, 2.05) is 6.92 Å². The lowest BCUT2D eigenvalue weighted by molar-refractivity contribution is -0.219. The van der Waals surface area contributed by atoms with E-state index in [0.29, 0.717) is 6.61 Å². The van der Waals surface area contributed by atoms with Crippen molar-refractivity contribution in [3.8, 4) is 0 Å². The molecule has 2 atom stereocenters. The molecule has 0 amide bonds. The highest BCUT2D eigenvalue weighted by molar-refractivity contribution is 4.67. The van der Waals surface area contributed by atoms with Crippen molar-refractivity contribution in [1.82, 2.24) is 0 Å². The first kappa shape index (κ1) is 8.97. The van der Waals surface area contributed by atoms with Crippen LogP contribution in [0, 0.1) is 0 Å². The zero-order chi connectivity index (χ0) is 8.10. The molecule has 1 aliphatic heterocycles. The summed E-state index contributed by atoms with van der Waals surface area (Å²) < 4.78 is 15.9. The van der Waals surface area contributed by atoms with Crippen molar-refractivity contribution in [2.45, 2.75) is 32.2 Å². The highest BCUT2D eigenvalue weighted by atomic mass is 16.7. The molecule has 0 unspecified atom stereocenters. The minimum atomic E-state index is -0.140. The summed E-state index contributed by atoms with van der Waals surface area (Å²) in [6, 6.07) is 0. The van der Waals surface area contributed by atoms with E-state index in [-0.39, 0.29) is 12.4 Å². The molecular formula is C8H16O3. The van der Waals surface area contributed by atoms with Crippen molar-refractivity contribution < 1.29 is 14.2 Å². The van der Waals surface area contributed by atoms with Gasteiger partial charge in [0.1, 0.15) is 6.10 Å². The molecular weight excluding hydrogens is 144 g/mol. The summed E-state index contributed by atoms with van der Waals surface area (Å²) in [5.74, 6) is 0. The van der Waals surface area contributed by atoms with Crippen molar-refractivity contribution in [1.29, 1.82) is 0 Å². The van der Waals surface area contributed by atoms with Gasteiger partial charge in [-0.15, -0.1) is 0 Å². The Kier molecular flexibility index (Phi) is 3.83. The molecule has 0 aliphatic carbocycles. The van der Waals surface area contributed by atoms with Gasteiger partial charge in [0.15, 0.2) is 6.29 Å². The summed E-state index contributed by atoms with van der Waals surface area (Å²) in [5.41, 5.74) is 0. The maximum atomic E-state index is 5.37. The molecule has 0 spiro atoms. The van der Waals surface area contributed by atoms with E-state index in [1.165, 1.54) is 0 Å². The zero-order valence-electron chi connectivity index (χ0n) is 7.21. The molecule has 0 aromatic rings. The lowest BCUT2D eigenvalue weighted by atomic mass is 10.1. The maximum Gasteiger partial charge on any atom is 0.183 e. The van der Waals surface area contributed by atoms with Crippen LogP contribution in [-0.2, 0) is 14.2 Å². The number of hydrogen-bond donors (Lipinski definition) is 0. The molecule has 0 aromatic heterocycles. The van der Waals surface area contributed by atoms with Crippen LogP contribution >= 0.6 is 0 Å². The van der Waals surface area contributed by atoms with Gasteiger partial charge < -0.3 is 14.2 Å². The summed E-state index contributed by atoms with van der Waals surface area (Å²) in [4.78, 5) is 0. The molecule has 1 heterocycles. The van der Waals surface area contributed by atoms with Gasteiger partial charge in [-0.2, -0.15) is 0 Å². The van der Waals surface area contributed by atoms with Gasteiger partial charge in [-0.25, -0.2) is 0 Å². The molecule has 1 fully saturated rings. The van der Waals surface area contributed by atoms with Crippen LogP contribution in [0.5, 0.6) is 0 Å². The predicted molar refractivity (Wildman–Crippen MR) is 41.4 cm³/mol. The fourth-order valence-corrected chi connectivity index (χ4v) is 1.28. The molecule has 1 aliphatic rings. The SMILES string of the molecule is CCO[C@@H]1OCCC[C@H]1OC. The first-order valence-corrected chi connectivity index (χ1v) is 4.14. The van der Waals surface area contributed by atoms with Gasteiger partial charge in [0.05, 0.1) is 0 Å². The molecule has 66 valence electrons. The standard InChI is InChI=1S/C8H16O3/c1-3-10-8-7(9-2)5-4-6-11-8/h7-8H,3-6H2,1-2H3/t7-,8-/m1/s1. The Morgan fingerprint density at radius 1 is 1.55 bits per heavy atom. The minimum absolute atomic E-state index is 0.128. The van der Waals surface area contributed by atoms with Crippen LogP contribution in [0.4, 0.5) is 0 Å². The van der Waals surface area contributed by atoms with Crippen molar-refractivity contribution in [3.63, 3.8) is 0 Å². The Hall–Kier alpha value is -0.120. The van der Waals surface area contributed by atoms with E-state index in [0.717, 1.165) is 19.4 Å². The first-order chi connectivity index (χ1) is 5.38. The maximum absolute atomic E-state index is 5.37. The van der Waals surface area contributed by atoms with Crippen LogP contribution in [0.25, 0.3) is 0 Å². The largest absolute Gasteiger partial charge is 0.376 e. The Balaban J connectivity index is 2.31. The number of rotatable bonds is 3. The van der Waals surface area contributed by atoms with Crippen LogP contribution < -0.4 is 0 Å². The van der Waals surface area contributed by atoms with Gasteiger partial charge in [0.25, 0.3) is 0 Å². The second-order valence-electron chi connectivity index (χ2n) is 2.61. The molecule has 0 bridgehead atoms. The molecule has 0 radical (unpaired) electrons. The smallest absolute Gasteiger partial charge is 0.183 e. The van der Waals surface area contributed by atoms with Crippen molar-refractivity contribution in [3.05, 3.63) is 0 Å². The average Bonchev–Trinajstić information content (AvgIpc) is 2.06. The highest BCUT2D eigenvalue weighted by Crippen LogP contribution is 2.17. The van der Waals surface area contributed by atoms with Gasteiger partial charge >= 0.3 is 0 Å². The lowest BCUT2D eigenvalue weighted by Gasteiger charge is -2.29. The Morgan fingerprint density at radius 3 is 3.00 bits per heavy atom. The second-order valence-corrected chi connectivity index (χ2v) is 2.61. The first-order valence-electron chi connectivity index (χ1n) is 4.14. The molecule has 0 N–H and O–H groups in total. The summed E-state index contributed by atoms with van der Waals surface area (Å²) >= 11 is 0. The van der Waals surface area contributed by atoms with Crippen molar-refractivity contribution in [2.24, 2.45) is 0 Å². The second kappa shape index (κ2) is 4.70. The lowest BCUT2D eigenvalue weighted by Crippen LogP contribution is -2.37. The normalized spacial score (nSPS) is 32.2. The van der Waals surface area contributed by atoms with Gasteiger partial charge in [-0.3, -0.25) is 0 Å². The topological polar surface area (TPSA) is 27.7 Å². The van der Waals surface area contributed by atoms with Crippen LogP contribution in [0.1, 0.15) is 19.8 Å². The molecule has 1 rings (SSSR count). The van der Waals surface area contributed by atoms with E-state index in [2.05, 4.69) is 0 Å². The third-order valence-corrected chi connectivity index (χ3v) is 1.85.